The smallest absolute Gasteiger partial charge is 0.223 e. The minimum Gasteiger partial charge on any atom is -0.395 e. The van der Waals surface area contributed by atoms with Crippen molar-refractivity contribution in [1.82, 2.24) is 9.97 Å². The van der Waals surface area contributed by atoms with Crippen molar-refractivity contribution in [2.24, 2.45) is 0 Å². The summed E-state index contributed by atoms with van der Waals surface area (Å²) in [6.45, 7) is 1.18. The fraction of sp³-hybridized carbons (Fsp3) is 0.286. The van der Waals surface area contributed by atoms with Gasteiger partial charge in [0, 0.05) is 26.2 Å². The minimum atomic E-state index is 0.0473. The summed E-state index contributed by atoms with van der Waals surface area (Å²) >= 11 is 0. The number of aliphatic hydroxyl groups is 1. The Hall–Kier alpha value is -2.34. The number of nitrogens with zero attached hydrogens (tertiary/aromatic N) is 3. The van der Waals surface area contributed by atoms with Gasteiger partial charge < -0.3 is 21.1 Å². The Morgan fingerprint density at radius 2 is 2.00 bits per heavy atom. The Labute approximate surface area is 118 Å². The number of benzene rings is 1. The lowest BCUT2D eigenvalue weighted by molar-refractivity contribution is 0.301. The molecule has 2 aromatic rings. The molecule has 0 aliphatic heterocycles. The van der Waals surface area contributed by atoms with E-state index >= 15 is 0 Å². The predicted molar refractivity (Wildman–Crippen MR) is 80.6 cm³/mol. The van der Waals surface area contributed by atoms with Crippen molar-refractivity contribution >= 4 is 17.6 Å². The van der Waals surface area contributed by atoms with E-state index in [4.69, 9.17) is 5.73 Å². The molecule has 0 saturated carbocycles. The van der Waals surface area contributed by atoms with Crippen LogP contribution in [-0.4, -0.2) is 35.3 Å². The van der Waals surface area contributed by atoms with Crippen LogP contribution >= 0.6 is 0 Å². The maximum absolute atomic E-state index is 9.24. The van der Waals surface area contributed by atoms with E-state index in [-0.39, 0.29) is 12.6 Å². The van der Waals surface area contributed by atoms with Crippen molar-refractivity contribution in [2.75, 3.05) is 36.1 Å². The van der Waals surface area contributed by atoms with Gasteiger partial charge in [-0.15, -0.1) is 0 Å². The molecule has 6 nitrogen and oxygen atoms in total. The second kappa shape index (κ2) is 6.72. The first-order chi connectivity index (χ1) is 9.72. The third kappa shape index (κ3) is 3.58. The van der Waals surface area contributed by atoms with Gasteiger partial charge in [-0.2, -0.15) is 9.97 Å². The van der Waals surface area contributed by atoms with E-state index in [0.717, 1.165) is 5.56 Å². The minimum absolute atomic E-state index is 0.0473. The Kier molecular flexibility index (Phi) is 4.73. The van der Waals surface area contributed by atoms with E-state index in [1.165, 1.54) is 0 Å². The van der Waals surface area contributed by atoms with E-state index in [1.807, 2.05) is 41.3 Å². The average molecular weight is 273 g/mol. The molecule has 0 aliphatic carbocycles. The number of nitrogens with one attached hydrogen (secondary N) is 1. The first-order valence-corrected chi connectivity index (χ1v) is 6.45. The van der Waals surface area contributed by atoms with Gasteiger partial charge in [0.2, 0.25) is 5.95 Å². The maximum Gasteiger partial charge on any atom is 0.223 e. The number of rotatable bonds is 6. The molecular formula is C14H19N5O. The zero-order valence-corrected chi connectivity index (χ0v) is 11.5. The molecule has 0 spiro atoms. The van der Waals surface area contributed by atoms with Crippen LogP contribution in [0.25, 0.3) is 0 Å². The summed E-state index contributed by atoms with van der Waals surface area (Å²) < 4.78 is 0. The van der Waals surface area contributed by atoms with Gasteiger partial charge in [0.25, 0.3) is 0 Å². The molecule has 0 aliphatic rings. The molecule has 2 rings (SSSR count). The fourth-order valence-corrected chi connectivity index (χ4v) is 1.94. The van der Waals surface area contributed by atoms with Crippen LogP contribution in [0.5, 0.6) is 0 Å². The first-order valence-electron chi connectivity index (χ1n) is 6.45. The van der Waals surface area contributed by atoms with Crippen LogP contribution < -0.4 is 16.0 Å². The normalized spacial score (nSPS) is 10.3. The SMILES string of the molecule is CNc1cc(N(CCO)Cc2ccccc2)nc(N)n1. The molecule has 0 saturated heterocycles. The second-order valence-electron chi connectivity index (χ2n) is 4.35. The molecule has 1 aromatic carbocycles. The Balaban J connectivity index is 2.26. The van der Waals surface area contributed by atoms with Crippen LogP contribution in [0.1, 0.15) is 5.56 Å². The Morgan fingerprint density at radius 3 is 2.65 bits per heavy atom. The molecule has 0 fully saturated rings. The highest BCUT2D eigenvalue weighted by molar-refractivity contribution is 5.52. The molecule has 0 bridgehead atoms. The highest BCUT2D eigenvalue weighted by Gasteiger charge is 2.11. The summed E-state index contributed by atoms with van der Waals surface area (Å²) in [6.07, 6.45) is 0. The number of aromatic nitrogens is 2. The highest BCUT2D eigenvalue weighted by atomic mass is 16.3. The molecule has 20 heavy (non-hydrogen) atoms. The van der Waals surface area contributed by atoms with Gasteiger partial charge in [-0.3, -0.25) is 0 Å². The summed E-state index contributed by atoms with van der Waals surface area (Å²) in [7, 11) is 1.78. The van der Waals surface area contributed by atoms with Crippen molar-refractivity contribution in [3.8, 4) is 0 Å². The van der Waals surface area contributed by atoms with E-state index in [2.05, 4.69) is 15.3 Å². The number of hydrogen-bond acceptors (Lipinski definition) is 6. The first kappa shape index (κ1) is 14.1. The van der Waals surface area contributed by atoms with Crippen LogP contribution in [0.3, 0.4) is 0 Å². The van der Waals surface area contributed by atoms with Gasteiger partial charge in [0.1, 0.15) is 11.6 Å². The van der Waals surface area contributed by atoms with Gasteiger partial charge in [0.05, 0.1) is 6.61 Å². The van der Waals surface area contributed by atoms with Crippen LogP contribution in [0.4, 0.5) is 17.6 Å². The average Bonchev–Trinajstić information content (AvgIpc) is 2.47. The van der Waals surface area contributed by atoms with Crippen molar-refractivity contribution < 1.29 is 5.11 Å². The van der Waals surface area contributed by atoms with Crippen LogP contribution in [0, 0.1) is 0 Å². The molecule has 1 aromatic heterocycles. The second-order valence-corrected chi connectivity index (χ2v) is 4.35. The third-order valence-electron chi connectivity index (χ3n) is 2.90. The van der Waals surface area contributed by atoms with Crippen molar-refractivity contribution in [3.63, 3.8) is 0 Å². The number of aliphatic hydroxyl groups excluding tert-OH is 1. The van der Waals surface area contributed by atoms with Crippen LogP contribution in [0.2, 0.25) is 0 Å². The summed E-state index contributed by atoms with van der Waals surface area (Å²) in [6, 6.07) is 11.8. The zero-order chi connectivity index (χ0) is 14.4. The van der Waals surface area contributed by atoms with E-state index in [1.54, 1.807) is 7.05 Å². The van der Waals surface area contributed by atoms with Crippen molar-refractivity contribution in [2.45, 2.75) is 6.54 Å². The van der Waals surface area contributed by atoms with E-state index in [9.17, 15) is 5.11 Å². The number of nitrogen functional groups attached to an aromatic ring is 1. The topological polar surface area (TPSA) is 87.3 Å². The van der Waals surface area contributed by atoms with Gasteiger partial charge in [0.15, 0.2) is 0 Å². The molecule has 4 N–H and O–H groups in total. The van der Waals surface area contributed by atoms with Gasteiger partial charge >= 0.3 is 0 Å². The predicted octanol–water partition coefficient (Wildman–Crippen LogP) is 1.10. The zero-order valence-electron chi connectivity index (χ0n) is 11.5. The Bertz CT molecular complexity index is 547. The van der Waals surface area contributed by atoms with Gasteiger partial charge in [-0.05, 0) is 5.56 Å². The summed E-state index contributed by atoms with van der Waals surface area (Å²) in [5.74, 6) is 1.56. The molecule has 0 unspecified atom stereocenters. The third-order valence-corrected chi connectivity index (χ3v) is 2.90. The number of nitrogens with two attached hydrogens (primary N) is 1. The Morgan fingerprint density at radius 1 is 1.25 bits per heavy atom. The summed E-state index contributed by atoms with van der Waals surface area (Å²) in [5, 5.41) is 12.2. The monoisotopic (exact) mass is 273 g/mol. The lowest BCUT2D eigenvalue weighted by Gasteiger charge is -2.23. The summed E-state index contributed by atoms with van der Waals surface area (Å²) in [4.78, 5) is 10.3. The number of anilines is 3. The lowest BCUT2D eigenvalue weighted by atomic mass is 10.2. The molecule has 6 heteroatoms. The molecule has 1 heterocycles. The fourth-order valence-electron chi connectivity index (χ4n) is 1.94. The summed E-state index contributed by atoms with van der Waals surface area (Å²) in [5.41, 5.74) is 6.85. The maximum atomic E-state index is 9.24. The van der Waals surface area contributed by atoms with Crippen LogP contribution in [0.15, 0.2) is 36.4 Å². The van der Waals surface area contributed by atoms with E-state index < -0.39 is 0 Å². The standard InChI is InChI=1S/C14H19N5O/c1-16-12-9-13(18-14(15)17-12)19(7-8-20)10-11-5-3-2-4-6-11/h2-6,9,20H,7-8,10H2,1H3,(H3,15,16,17,18). The van der Waals surface area contributed by atoms with Crippen LogP contribution in [-0.2, 0) is 6.54 Å². The van der Waals surface area contributed by atoms with Gasteiger partial charge in [-0.1, -0.05) is 30.3 Å². The lowest BCUT2D eigenvalue weighted by Crippen LogP contribution is -2.27. The van der Waals surface area contributed by atoms with Gasteiger partial charge in [-0.25, -0.2) is 0 Å². The largest absolute Gasteiger partial charge is 0.395 e. The molecular weight excluding hydrogens is 254 g/mol. The molecule has 0 atom stereocenters. The van der Waals surface area contributed by atoms with Crippen molar-refractivity contribution in [3.05, 3.63) is 42.0 Å². The van der Waals surface area contributed by atoms with Crippen molar-refractivity contribution in [1.29, 1.82) is 0 Å². The highest BCUT2D eigenvalue weighted by Crippen LogP contribution is 2.18. The molecule has 0 amide bonds. The molecule has 106 valence electrons. The number of hydrogen-bond donors (Lipinski definition) is 3. The van der Waals surface area contributed by atoms with E-state index in [0.29, 0.717) is 24.7 Å². The molecule has 0 radical (unpaired) electrons. The quantitative estimate of drug-likeness (QED) is 0.730.